The molecule has 0 spiro atoms. The first-order valence-electron chi connectivity index (χ1n) is 8.33. The molecule has 1 atom stereocenters. The summed E-state index contributed by atoms with van der Waals surface area (Å²) in [6, 6.07) is 21.0. The van der Waals surface area contributed by atoms with Crippen LogP contribution in [0.3, 0.4) is 0 Å². The van der Waals surface area contributed by atoms with E-state index in [1.165, 1.54) is 0 Å². The van der Waals surface area contributed by atoms with Crippen molar-refractivity contribution in [2.45, 2.75) is 6.10 Å². The molecule has 3 aromatic rings. The van der Waals surface area contributed by atoms with Gasteiger partial charge in [0.25, 0.3) is 11.8 Å². The highest BCUT2D eigenvalue weighted by molar-refractivity contribution is 6.30. The molecule has 1 unspecified atom stereocenters. The molecule has 4 rings (SSSR count). The second kappa shape index (κ2) is 7.13. The summed E-state index contributed by atoms with van der Waals surface area (Å²) in [5.41, 5.74) is 2.33. The van der Waals surface area contributed by atoms with E-state index in [-0.39, 0.29) is 11.8 Å². The fourth-order valence-electron chi connectivity index (χ4n) is 2.84. The maximum atomic E-state index is 12.4. The van der Waals surface area contributed by atoms with Crippen LogP contribution in [0.5, 0.6) is 5.75 Å². The molecule has 0 aromatic heterocycles. The van der Waals surface area contributed by atoms with Crippen molar-refractivity contribution in [3.63, 3.8) is 0 Å². The molecule has 2 N–H and O–H groups in total. The number of hydrogen-bond donors (Lipinski definition) is 2. The number of benzene rings is 3. The van der Waals surface area contributed by atoms with Crippen LogP contribution in [0.2, 0.25) is 5.02 Å². The number of hydrogen-bond acceptors (Lipinski definition) is 3. The van der Waals surface area contributed by atoms with E-state index in [9.17, 15) is 9.59 Å². The van der Waals surface area contributed by atoms with E-state index in [0.717, 1.165) is 5.56 Å². The number of carbonyl (C=O) groups is 2. The number of nitrogens with one attached hydrogen (secondary N) is 2. The molecule has 0 saturated heterocycles. The Morgan fingerprint density at radius 1 is 1.00 bits per heavy atom. The van der Waals surface area contributed by atoms with Gasteiger partial charge in [0.1, 0.15) is 5.75 Å². The Morgan fingerprint density at radius 2 is 1.74 bits per heavy atom. The van der Waals surface area contributed by atoms with Crippen molar-refractivity contribution in [2.24, 2.45) is 0 Å². The van der Waals surface area contributed by atoms with E-state index in [2.05, 4.69) is 10.6 Å². The number of halogens is 1. The van der Waals surface area contributed by atoms with Crippen molar-refractivity contribution >= 4 is 34.8 Å². The van der Waals surface area contributed by atoms with Crippen molar-refractivity contribution in [2.75, 3.05) is 10.6 Å². The van der Waals surface area contributed by atoms with Crippen LogP contribution in [0, 0.1) is 0 Å². The first kappa shape index (κ1) is 17.1. The van der Waals surface area contributed by atoms with Gasteiger partial charge in [-0.05, 0) is 42.5 Å². The Hall–Kier alpha value is -3.31. The lowest BCUT2D eigenvalue weighted by atomic mass is 10.1. The monoisotopic (exact) mass is 378 g/mol. The summed E-state index contributed by atoms with van der Waals surface area (Å²) in [4.78, 5) is 24.7. The third-order valence-corrected chi connectivity index (χ3v) is 4.44. The minimum atomic E-state index is -0.701. The Kier molecular flexibility index (Phi) is 4.52. The molecule has 3 aromatic carbocycles. The fourth-order valence-corrected chi connectivity index (χ4v) is 2.96. The molecule has 6 heteroatoms. The van der Waals surface area contributed by atoms with E-state index in [1.54, 1.807) is 42.5 Å². The number of ether oxygens (including phenoxy) is 1. The second-order valence-corrected chi connectivity index (χ2v) is 6.51. The SMILES string of the molecule is O=C(Nc1ccc2c(c1)NC(=O)C(c1ccccc1)O2)c1ccc(Cl)cc1. The molecule has 27 heavy (non-hydrogen) atoms. The first-order valence-corrected chi connectivity index (χ1v) is 8.71. The molecule has 1 aliphatic heterocycles. The predicted molar refractivity (Wildman–Crippen MR) is 104 cm³/mol. The second-order valence-electron chi connectivity index (χ2n) is 6.07. The molecule has 134 valence electrons. The topological polar surface area (TPSA) is 67.4 Å². The number of carbonyl (C=O) groups excluding carboxylic acids is 2. The summed E-state index contributed by atoms with van der Waals surface area (Å²) >= 11 is 5.84. The quantitative estimate of drug-likeness (QED) is 0.696. The standard InChI is InChI=1S/C21H15ClN2O3/c22-15-8-6-14(7-9-15)20(25)23-16-10-11-18-17(12-16)24-21(26)19(27-18)13-4-2-1-3-5-13/h1-12,19H,(H,23,25)(H,24,26). The molecule has 1 aliphatic rings. The highest BCUT2D eigenvalue weighted by Crippen LogP contribution is 2.36. The molecular formula is C21H15ClN2O3. The minimum Gasteiger partial charge on any atom is -0.474 e. The maximum Gasteiger partial charge on any atom is 0.270 e. The summed E-state index contributed by atoms with van der Waals surface area (Å²) in [6.45, 7) is 0. The first-order chi connectivity index (χ1) is 13.1. The predicted octanol–water partition coefficient (Wildman–Crippen LogP) is 4.66. The Balaban J connectivity index is 1.53. The van der Waals surface area contributed by atoms with Crippen LogP contribution < -0.4 is 15.4 Å². The van der Waals surface area contributed by atoms with Crippen molar-refractivity contribution < 1.29 is 14.3 Å². The maximum absolute atomic E-state index is 12.4. The number of anilines is 2. The molecule has 0 saturated carbocycles. The van der Waals surface area contributed by atoms with Crippen LogP contribution in [-0.2, 0) is 4.79 Å². The molecule has 0 aliphatic carbocycles. The van der Waals surface area contributed by atoms with Crippen molar-refractivity contribution in [1.29, 1.82) is 0 Å². The number of fused-ring (bicyclic) bond motifs is 1. The fraction of sp³-hybridized carbons (Fsp3) is 0.0476. The Labute approximate surface area is 160 Å². The van der Waals surface area contributed by atoms with Gasteiger partial charge < -0.3 is 15.4 Å². The molecule has 1 heterocycles. The van der Waals surface area contributed by atoms with Crippen LogP contribution in [-0.4, -0.2) is 11.8 Å². The van der Waals surface area contributed by atoms with Gasteiger partial charge in [0.15, 0.2) is 0 Å². The lowest BCUT2D eigenvalue weighted by Gasteiger charge is -2.26. The molecule has 2 amide bonds. The zero-order valence-electron chi connectivity index (χ0n) is 14.1. The average molecular weight is 379 g/mol. The van der Waals surface area contributed by atoms with Crippen LogP contribution in [0.4, 0.5) is 11.4 Å². The average Bonchev–Trinajstić information content (AvgIpc) is 2.68. The van der Waals surface area contributed by atoms with Gasteiger partial charge in [-0.3, -0.25) is 9.59 Å². The molecule has 0 fully saturated rings. The van der Waals surface area contributed by atoms with E-state index in [0.29, 0.717) is 27.7 Å². The van der Waals surface area contributed by atoms with E-state index >= 15 is 0 Å². The summed E-state index contributed by atoms with van der Waals surface area (Å²) in [5, 5.41) is 6.20. The summed E-state index contributed by atoms with van der Waals surface area (Å²) < 4.78 is 5.85. The Morgan fingerprint density at radius 3 is 2.48 bits per heavy atom. The van der Waals surface area contributed by atoms with Gasteiger partial charge in [-0.15, -0.1) is 0 Å². The van der Waals surface area contributed by atoms with Crippen molar-refractivity contribution in [3.8, 4) is 5.75 Å². The van der Waals surface area contributed by atoms with Crippen molar-refractivity contribution in [1.82, 2.24) is 0 Å². The summed E-state index contributed by atoms with van der Waals surface area (Å²) in [6.07, 6.45) is -0.701. The van der Waals surface area contributed by atoms with Gasteiger partial charge in [-0.25, -0.2) is 0 Å². The summed E-state index contributed by atoms with van der Waals surface area (Å²) in [5.74, 6) is 0.0275. The number of rotatable bonds is 3. The smallest absolute Gasteiger partial charge is 0.270 e. The zero-order chi connectivity index (χ0) is 18.8. The van der Waals surface area contributed by atoms with E-state index < -0.39 is 6.10 Å². The lowest BCUT2D eigenvalue weighted by molar-refractivity contribution is -0.123. The number of amides is 2. The molecule has 0 bridgehead atoms. The third-order valence-electron chi connectivity index (χ3n) is 4.19. The van der Waals surface area contributed by atoms with Gasteiger partial charge in [-0.1, -0.05) is 41.9 Å². The lowest BCUT2D eigenvalue weighted by Crippen LogP contribution is -2.30. The van der Waals surface area contributed by atoms with Crippen molar-refractivity contribution in [3.05, 3.63) is 88.9 Å². The Bertz CT molecular complexity index is 1000. The highest BCUT2D eigenvalue weighted by atomic mass is 35.5. The van der Waals surface area contributed by atoms with Gasteiger partial charge in [-0.2, -0.15) is 0 Å². The zero-order valence-corrected chi connectivity index (χ0v) is 14.9. The molecular weight excluding hydrogens is 364 g/mol. The largest absolute Gasteiger partial charge is 0.474 e. The van der Waals surface area contributed by atoms with Crippen LogP contribution in [0.1, 0.15) is 22.0 Å². The summed E-state index contributed by atoms with van der Waals surface area (Å²) in [7, 11) is 0. The van der Waals surface area contributed by atoms with Gasteiger partial charge in [0.2, 0.25) is 6.10 Å². The minimum absolute atomic E-state index is 0.255. The van der Waals surface area contributed by atoms with Gasteiger partial charge >= 0.3 is 0 Å². The third kappa shape index (κ3) is 3.64. The normalized spacial score (nSPS) is 15.3. The van der Waals surface area contributed by atoms with Gasteiger partial charge in [0.05, 0.1) is 5.69 Å². The van der Waals surface area contributed by atoms with E-state index in [4.69, 9.17) is 16.3 Å². The molecule has 5 nitrogen and oxygen atoms in total. The van der Waals surface area contributed by atoms with Crippen LogP contribution >= 0.6 is 11.6 Å². The van der Waals surface area contributed by atoms with Crippen LogP contribution in [0.25, 0.3) is 0 Å². The molecule has 0 radical (unpaired) electrons. The highest BCUT2D eigenvalue weighted by Gasteiger charge is 2.29. The van der Waals surface area contributed by atoms with Crippen LogP contribution in [0.15, 0.2) is 72.8 Å². The van der Waals surface area contributed by atoms with Gasteiger partial charge in [0, 0.05) is 21.8 Å². The van der Waals surface area contributed by atoms with E-state index in [1.807, 2.05) is 30.3 Å².